The standard InChI is InChI=1S/C22H27FO2/c1-2-5-16-8-10-18(11-9-16)22(19-6-3-4-7-20(19)23)14-12-17(13-15-22)21(24)25/h3-4,6-7,12-18H,2,5,8-11H2,1H3,(H,24,25). The Morgan fingerprint density at radius 3 is 2.36 bits per heavy atom. The second kappa shape index (κ2) is 7.55. The molecule has 1 saturated carbocycles. The molecule has 134 valence electrons. The smallest absolute Gasteiger partial charge is 0.314 e. The van der Waals surface area contributed by atoms with Crippen LogP contribution in [0.5, 0.6) is 0 Å². The Morgan fingerprint density at radius 1 is 1.16 bits per heavy atom. The molecule has 0 heterocycles. The van der Waals surface area contributed by atoms with Crippen LogP contribution in [0.1, 0.15) is 51.0 Å². The number of allylic oxidation sites excluding steroid dienone is 2. The van der Waals surface area contributed by atoms with Crippen LogP contribution in [0.15, 0.2) is 48.6 Å². The summed E-state index contributed by atoms with van der Waals surface area (Å²) >= 11 is 0. The van der Waals surface area contributed by atoms with Crippen LogP contribution in [0, 0.1) is 23.6 Å². The molecule has 0 bridgehead atoms. The number of carbonyl (C=O) groups is 1. The second-order valence-electron chi connectivity index (χ2n) is 7.50. The number of benzene rings is 1. The summed E-state index contributed by atoms with van der Waals surface area (Å²) in [5.41, 5.74) is 0.152. The maximum absolute atomic E-state index is 14.6. The highest BCUT2D eigenvalue weighted by Gasteiger charge is 2.41. The highest BCUT2D eigenvalue weighted by atomic mass is 19.1. The first-order valence-electron chi connectivity index (χ1n) is 9.43. The molecule has 1 aromatic rings. The summed E-state index contributed by atoms with van der Waals surface area (Å²) < 4.78 is 14.6. The van der Waals surface area contributed by atoms with Gasteiger partial charge in [0, 0.05) is 11.0 Å². The molecule has 3 heteroatoms. The lowest BCUT2D eigenvalue weighted by atomic mass is 9.61. The maximum atomic E-state index is 14.6. The Kier molecular flexibility index (Phi) is 5.41. The molecule has 0 radical (unpaired) electrons. The fourth-order valence-corrected chi connectivity index (χ4v) is 4.63. The first-order valence-corrected chi connectivity index (χ1v) is 9.43. The molecule has 1 N–H and O–H groups in total. The summed E-state index contributed by atoms with van der Waals surface area (Å²) in [7, 11) is 0. The maximum Gasteiger partial charge on any atom is 0.314 e. The van der Waals surface area contributed by atoms with Gasteiger partial charge in [0.1, 0.15) is 5.82 Å². The summed E-state index contributed by atoms with van der Waals surface area (Å²) in [6.45, 7) is 2.23. The fourth-order valence-electron chi connectivity index (χ4n) is 4.63. The zero-order valence-electron chi connectivity index (χ0n) is 14.8. The van der Waals surface area contributed by atoms with E-state index >= 15 is 0 Å². The van der Waals surface area contributed by atoms with E-state index in [4.69, 9.17) is 0 Å². The Morgan fingerprint density at radius 2 is 1.80 bits per heavy atom. The van der Waals surface area contributed by atoms with Crippen molar-refractivity contribution < 1.29 is 14.3 Å². The third-order valence-corrected chi connectivity index (χ3v) is 6.00. The van der Waals surface area contributed by atoms with Crippen LogP contribution in [0.4, 0.5) is 4.39 Å². The lowest BCUT2D eigenvalue weighted by Crippen LogP contribution is -2.37. The normalized spacial score (nSPS) is 31.8. The summed E-state index contributed by atoms with van der Waals surface area (Å²) in [4.78, 5) is 11.3. The summed E-state index contributed by atoms with van der Waals surface area (Å²) in [6, 6.07) is 6.93. The van der Waals surface area contributed by atoms with Crippen LogP contribution in [0.3, 0.4) is 0 Å². The molecule has 2 aliphatic rings. The average molecular weight is 342 g/mol. The van der Waals surface area contributed by atoms with Gasteiger partial charge in [-0.25, -0.2) is 4.39 Å². The Hall–Kier alpha value is -1.90. The molecule has 1 aromatic carbocycles. The molecule has 1 fully saturated rings. The van der Waals surface area contributed by atoms with Crippen molar-refractivity contribution in [1.82, 2.24) is 0 Å². The van der Waals surface area contributed by atoms with Crippen molar-refractivity contribution in [2.75, 3.05) is 0 Å². The van der Waals surface area contributed by atoms with Crippen molar-refractivity contribution in [3.05, 3.63) is 60.0 Å². The van der Waals surface area contributed by atoms with Crippen LogP contribution in [-0.2, 0) is 10.2 Å². The van der Waals surface area contributed by atoms with E-state index in [0.717, 1.165) is 18.8 Å². The first kappa shape index (κ1) is 17.9. The highest BCUT2D eigenvalue weighted by molar-refractivity contribution is 5.75. The summed E-state index contributed by atoms with van der Waals surface area (Å²) in [5, 5.41) is 9.26. The first-order chi connectivity index (χ1) is 12.1. The van der Waals surface area contributed by atoms with Crippen molar-refractivity contribution in [3.63, 3.8) is 0 Å². The van der Waals surface area contributed by atoms with Gasteiger partial charge in [0.15, 0.2) is 0 Å². The van der Waals surface area contributed by atoms with Gasteiger partial charge in [-0.15, -0.1) is 0 Å². The molecule has 3 rings (SSSR count). The van der Waals surface area contributed by atoms with Crippen LogP contribution in [-0.4, -0.2) is 11.1 Å². The van der Waals surface area contributed by atoms with Gasteiger partial charge in [0.05, 0.1) is 5.92 Å². The molecule has 0 amide bonds. The van der Waals surface area contributed by atoms with E-state index in [9.17, 15) is 14.3 Å². The number of rotatable bonds is 5. The third kappa shape index (κ3) is 3.56. The van der Waals surface area contributed by atoms with Crippen LogP contribution in [0.2, 0.25) is 0 Å². The lowest BCUT2D eigenvalue weighted by Gasteiger charge is -2.42. The van der Waals surface area contributed by atoms with Gasteiger partial charge in [-0.2, -0.15) is 0 Å². The number of halogens is 1. The van der Waals surface area contributed by atoms with Crippen molar-refractivity contribution in [2.45, 2.75) is 50.9 Å². The topological polar surface area (TPSA) is 37.3 Å². The zero-order chi connectivity index (χ0) is 17.9. The minimum Gasteiger partial charge on any atom is -0.481 e. The van der Waals surface area contributed by atoms with Crippen molar-refractivity contribution in [1.29, 1.82) is 0 Å². The van der Waals surface area contributed by atoms with E-state index in [-0.39, 0.29) is 5.82 Å². The number of carboxylic acid groups (broad SMARTS) is 1. The van der Waals surface area contributed by atoms with Crippen molar-refractivity contribution in [2.24, 2.45) is 17.8 Å². The van der Waals surface area contributed by atoms with Crippen molar-refractivity contribution in [3.8, 4) is 0 Å². The molecule has 0 unspecified atom stereocenters. The fraction of sp³-hybridized carbons (Fsp3) is 0.500. The van der Waals surface area contributed by atoms with Gasteiger partial charge < -0.3 is 5.11 Å². The lowest BCUT2D eigenvalue weighted by molar-refractivity contribution is -0.138. The monoisotopic (exact) mass is 342 g/mol. The molecule has 0 aromatic heterocycles. The van der Waals surface area contributed by atoms with Gasteiger partial charge in [0.25, 0.3) is 0 Å². The molecular formula is C22H27FO2. The van der Waals surface area contributed by atoms with Crippen molar-refractivity contribution >= 4 is 5.97 Å². The second-order valence-corrected chi connectivity index (χ2v) is 7.50. The number of carboxylic acids is 1. The molecule has 2 nitrogen and oxygen atoms in total. The number of aliphatic carboxylic acids is 1. The van der Waals surface area contributed by atoms with Gasteiger partial charge in [-0.05, 0) is 30.7 Å². The Bertz CT molecular complexity index is 654. The molecule has 2 aliphatic carbocycles. The molecule has 25 heavy (non-hydrogen) atoms. The SMILES string of the molecule is CCCC1CCC(C2(c3ccccc3F)C=CC(C(=O)O)C=C2)CC1. The summed E-state index contributed by atoms with van der Waals surface area (Å²) in [6.07, 6.45) is 14.3. The molecule has 0 atom stereocenters. The van der Waals surface area contributed by atoms with Gasteiger partial charge >= 0.3 is 5.97 Å². The van der Waals surface area contributed by atoms with E-state index in [1.54, 1.807) is 18.2 Å². The minimum absolute atomic E-state index is 0.207. The minimum atomic E-state index is -0.860. The molecule has 0 spiro atoms. The number of hydrogen-bond donors (Lipinski definition) is 1. The predicted octanol–water partition coefficient (Wildman–Crippen LogP) is 5.50. The van der Waals surface area contributed by atoms with Crippen LogP contribution >= 0.6 is 0 Å². The van der Waals surface area contributed by atoms with E-state index in [1.807, 2.05) is 24.3 Å². The third-order valence-electron chi connectivity index (χ3n) is 6.00. The van der Waals surface area contributed by atoms with E-state index in [1.165, 1.54) is 31.7 Å². The Balaban J connectivity index is 1.92. The van der Waals surface area contributed by atoms with Gasteiger partial charge in [-0.1, -0.05) is 75.1 Å². The molecule has 0 saturated heterocycles. The van der Waals surface area contributed by atoms with Gasteiger partial charge in [0.2, 0.25) is 0 Å². The highest BCUT2D eigenvalue weighted by Crippen LogP contribution is 2.47. The zero-order valence-corrected chi connectivity index (χ0v) is 14.8. The van der Waals surface area contributed by atoms with Crippen LogP contribution in [0.25, 0.3) is 0 Å². The van der Waals surface area contributed by atoms with Crippen LogP contribution < -0.4 is 0 Å². The average Bonchev–Trinajstić information content (AvgIpc) is 2.63. The Labute approximate surface area is 149 Å². The largest absolute Gasteiger partial charge is 0.481 e. The molecular weight excluding hydrogens is 315 g/mol. The van der Waals surface area contributed by atoms with E-state index in [2.05, 4.69) is 6.92 Å². The van der Waals surface area contributed by atoms with E-state index < -0.39 is 17.3 Å². The van der Waals surface area contributed by atoms with Gasteiger partial charge in [-0.3, -0.25) is 4.79 Å². The summed E-state index contributed by atoms with van der Waals surface area (Å²) in [5.74, 6) is -0.583. The number of hydrogen-bond acceptors (Lipinski definition) is 1. The molecule has 0 aliphatic heterocycles. The van der Waals surface area contributed by atoms with E-state index in [0.29, 0.717) is 11.5 Å². The quantitative estimate of drug-likeness (QED) is 0.718. The predicted molar refractivity (Wildman–Crippen MR) is 97.8 cm³/mol.